The van der Waals surface area contributed by atoms with Gasteiger partial charge in [-0.2, -0.15) is 0 Å². The van der Waals surface area contributed by atoms with E-state index >= 15 is 0 Å². The fourth-order valence-electron chi connectivity index (χ4n) is 3.21. The fraction of sp³-hybridized carbons (Fsp3) is 0.955. The molecule has 0 aromatic heterocycles. The van der Waals surface area contributed by atoms with E-state index in [9.17, 15) is 4.79 Å². The maximum Gasteiger partial charge on any atom is 0.306 e. The van der Waals surface area contributed by atoms with Gasteiger partial charge in [0.15, 0.2) is 0 Å². The Morgan fingerprint density at radius 1 is 0.625 bits per heavy atom. The molecule has 0 aliphatic rings. The molecule has 0 bridgehead atoms. The zero-order chi connectivity index (χ0) is 17.9. The van der Waals surface area contributed by atoms with Gasteiger partial charge in [0.25, 0.3) is 0 Å². The third-order valence-corrected chi connectivity index (χ3v) is 4.77. The lowest BCUT2D eigenvalue weighted by atomic mass is 10.0. The molecule has 0 aliphatic heterocycles. The van der Waals surface area contributed by atoms with Crippen molar-refractivity contribution in [1.29, 1.82) is 0 Å². The van der Waals surface area contributed by atoms with Gasteiger partial charge in [-0.25, -0.2) is 0 Å². The van der Waals surface area contributed by atoms with Crippen LogP contribution in [0, 0.1) is 0 Å². The van der Waals surface area contributed by atoms with Crippen molar-refractivity contribution in [2.24, 2.45) is 0 Å². The van der Waals surface area contributed by atoms with E-state index in [1.807, 2.05) is 0 Å². The molecular formula is C22H44O2. The van der Waals surface area contributed by atoms with Crippen LogP contribution in [0.3, 0.4) is 0 Å². The SMILES string of the molecule is CCCCCCCCCCCCC(CCC)OC(=O)CCCCC. The van der Waals surface area contributed by atoms with Crippen molar-refractivity contribution in [2.45, 2.75) is 136 Å². The van der Waals surface area contributed by atoms with E-state index in [0.717, 1.165) is 38.5 Å². The molecular weight excluding hydrogens is 296 g/mol. The number of carbonyl (C=O) groups is 1. The predicted molar refractivity (Wildman–Crippen MR) is 105 cm³/mol. The lowest BCUT2D eigenvalue weighted by Crippen LogP contribution is -2.18. The summed E-state index contributed by atoms with van der Waals surface area (Å²) in [5.74, 6) is 0.0222. The van der Waals surface area contributed by atoms with Crippen LogP contribution in [0.2, 0.25) is 0 Å². The highest BCUT2D eigenvalue weighted by molar-refractivity contribution is 5.69. The van der Waals surface area contributed by atoms with E-state index in [4.69, 9.17) is 4.74 Å². The standard InChI is InChI=1S/C22H44O2/c1-4-7-9-10-11-12-13-14-15-17-19-21(18-6-3)24-22(23)20-16-8-5-2/h21H,4-20H2,1-3H3. The van der Waals surface area contributed by atoms with Crippen LogP contribution in [-0.4, -0.2) is 12.1 Å². The minimum Gasteiger partial charge on any atom is -0.462 e. The first kappa shape index (κ1) is 23.5. The van der Waals surface area contributed by atoms with Crippen molar-refractivity contribution in [3.8, 4) is 0 Å². The third kappa shape index (κ3) is 16.3. The Morgan fingerprint density at radius 3 is 1.67 bits per heavy atom. The van der Waals surface area contributed by atoms with Gasteiger partial charge in [-0.1, -0.05) is 97.8 Å². The highest BCUT2D eigenvalue weighted by Crippen LogP contribution is 2.16. The summed E-state index contributed by atoms with van der Waals surface area (Å²) in [5, 5.41) is 0. The monoisotopic (exact) mass is 340 g/mol. The van der Waals surface area contributed by atoms with Gasteiger partial charge in [-0.05, 0) is 25.7 Å². The molecule has 0 rings (SSSR count). The molecule has 0 amide bonds. The summed E-state index contributed by atoms with van der Waals surface area (Å²) in [7, 11) is 0. The van der Waals surface area contributed by atoms with Crippen LogP contribution in [0.5, 0.6) is 0 Å². The topological polar surface area (TPSA) is 26.3 Å². The summed E-state index contributed by atoms with van der Waals surface area (Å²) >= 11 is 0. The number of rotatable bonds is 18. The molecule has 1 unspecified atom stereocenters. The van der Waals surface area contributed by atoms with Crippen LogP contribution in [-0.2, 0) is 9.53 Å². The molecule has 0 heterocycles. The van der Waals surface area contributed by atoms with E-state index in [0.29, 0.717) is 6.42 Å². The van der Waals surface area contributed by atoms with Crippen molar-refractivity contribution in [3.63, 3.8) is 0 Å². The summed E-state index contributed by atoms with van der Waals surface area (Å²) in [5.41, 5.74) is 0. The zero-order valence-corrected chi connectivity index (χ0v) is 16.9. The van der Waals surface area contributed by atoms with Gasteiger partial charge in [-0.3, -0.25) is 4.79 Å². The van der Waals surface area contributed by atoms with E-state index in [1.165, 1.54) is 64.2 Å². The molecule has 0 aliphatic carbocycles. The Hall–Kier alpha value is -0.530. The number of ether oxygens (including phenoxy) is 1. The largest absolute Gasteiger partial charge is 0.462 e. The van der Waals surface area contributed by atoms with Crippen LogP contribution in [0.4, 0.5) is 0 Å². The average molecular weight is 341 g/mol. The number of hydrogen-bond acceptors (Lipinski definition) is 2. The highest BCUT2D eigenvalue weighted by atomic mass is 16.5. The molecule has 0 fully saturated rings. The van der Waals surface area contributed by atoms with Crippen molar-refractivity contribution < 1.29 is 9.53 Å². The van der Waals surface area contributed by atoms with Gasteiger partial charge in [0, 0.05) is 6.42 Å². The quantitative estimate of drug-likeness (QED) is 0.190. The summed E-state index contributed by atoms with van der Waals surface area (Å²) in [6.45, 7) is 6.61. The van der Waals surface area contributed by atoms with Crippen LogP contribution in [0.15, 0.2) is 0 Å². The van der Waals surface area contributed by atoms with Gasteiger partial charge in [0.05, 0.1) is 0 Å². The smallest absolute Gasteiger partial charge is 0.306 e. The average Bonchev–Trinajstić information content (AvgIpc) is 2.57. The normalized spacial score (nSPS) is 12.3. The lowest BCUT2D eigenvalue weighted by molar-refractivity contribution is -0.150. The van der Waals surface area contributed by atoms with Crippen LogP contribution >= 0.6 is 0 Å². The summed E-state index contributed by atoms with van der Waals surface area (Å²) in [4.78, 5) is 11.9. The van der Waals surface area contributed by atoms with Gasteiger partial charge in [0.2, 0.25) is 0 Å². The molecule has 0 saturated heterocycles. The van der Waals surface area contributed by atoms with Crippen molar-refractivity contribution in [3.05, 3.63) is 0 Å². The highest BCUT2D eigenvalue weighted by Gasteiger charge is 2.13. The second-order valence-corrected chi connectivity index (χ2v) is 7.33. The molecule has 0 N–H and O–H groups in total. The Labute approximate surface area is 152 Å². The van der Waals surface area contributed by atoms with E-state index in [1.54, 1.807) is 0 Å². The molecule has 0 saturated carbocycles. The molecule has 2 nitrogen and oxygen atoms in total. The van der Waals surface area contributed by atoms with E-state index < -0.39 is 0 Å². The van der Waals surface area contributed by atoms with Gasteiger partial charge < -0.3 is 4.74 Å². The maximum absolute atomic E-state index is 11.9. The van der Waals surface area contributed by atoms with Crippen LogP contribution in [0.25, 0.3) is 0 Å². The lowest BCUT2D eigenvalue weighted by Gasteiger charge is -2.17. The molecule has 0 aromatic carbocycles. The first-order chi connectivity index (χ1) is 11.7. The van der Waals surface area contributed by atoms with Crippen molar-refractivity contribution >= 4 is 5.97 Å². The third-order valence-electron chi connectivity index (χ3n) is 4.77. The summed E-state index contributed by atoms with van der Waals surface area (Å²) < 4.78 is 5.68. The first-order valence-corrected chi connectivity index (χ1v) is 10.9. The second-order valence-electron chi connectivity index (χ2n) is 7.33. The predicted octanol–water partition coefficient (Wildman–Crippen LogP) is 7.59. The summed E-state index contributed by atoms with van der Waals surface area (Å²) in [6.07, 6.45) is 20.8. The molecule has 0 radical (unpaired) electrons. The number of unbranched alkanes of at least 4 members (excludes halogenated alkanes) is 11. The maximum atomic E-state index is 11.9. The van der Waals surface area contributed by atoms with Gasteiger partial charge >= 0.3 is 5.97 Å². The van der Waals surface area contributed by atoms with E-state index in [-0.39, 0.29) is 12.1 Å². The second kappa shape index (κ2) is 18.8. The van der Waals surface area contributed by atoms with Gasteiger partial charge in [0.1, 0.15) is 6.10 Å². The Morgan fingerprint density at radius 2 is 1.12 bits per heavy atom. The Kier molecular flexibility index (Phi) is 18.4. The molecule has 2 heteroatoms. The number of hydrogen-bond donors (Lipinski definition) is 0. The first-order valence-electron chi connectivity index (χ1n) is 10.9. The summed E-state index contributed by atoms with van der Waals surface area (Å²) in [6, 6.07) is 0. The molecule has 24 heavy (non-hydrogen) atoms. The number of carbonyl (C=O) groups excluding carboxylic acids is 1. The molecule has 1 atom stereocenters. The van der Waals surface area contributed by atoms with Crippen molar-refractivity contribution in [1.82, 2.24) is 0 Å². The fourth-order valence-corrected chi connectivity index (χ4v) is 3.21. The number of esters is 1. The molecule has 144 valence electrons. The zero-order valence-electron chi connectivity index (χ0n) is 16.9. The Balaban J connectivity index is 3.58. The van der Waals surface area contributed by atoms with Crippen LogP contribution < -0.4 is 0 Å². The van der Waals surface area contributed by atoms with E-state index in [2.05, 4.69) is 20.8 Å². The Bertz CT molecular complexity index is 263. The minimum absolute atomic E-state index is 0.0222. The molecule has 0 spiro atoms. The molecule has 0 aromatic rings. The van der Waals surface area contributed by atoms with Crippen LogP contribution in [0.1, 0.15) is 130 Å². The van der Waals surface area contributed by atoms with Crippen molar-refractivity contribution in [2.75, 3.05) is 0 Å². The van der Waals surface area contributed by atoms with Gasteiger partial charge in [-0.15, -0.1) is 0 Å². The minimum atomic E-state index is 0.0222.